The van der Waals surface area contributed by atoms with Crippen LogP contribution in [0.4, 0.5) is 0 Å². The summed E-state index contributed by atoms with van der Waals surface area (Å²) < 4.78 is 11.1. The molecule has 1 aromatic carbocycles. The highest BCUT2D eigenvalue weighted by Gasteiger charge is 2.24. The van der Waals surface area contributed by atoms with Gasteiger partial charge in [-0.25, -0.2) is 0 Å². The Balaban J connectivity index is 1.53. The van der Waals surface area contributed by atoms with E-state index in [4.69, 9.17) is 9.47 Å². The molecule has 3 rings (SSSR count). The second kappa shape index (κ2) is 10.3. The van der Waals surface area contributed by atoms with E-state index in [2.05, 4.69) is 15.9 Å². The van der Waals surface area contributed by atoms with Gasteiger partial charge in [0.25, 0.3) is 0 Å². The number of benzene rings is 1. The zero-order valence-electron chi connectivity index (χ0n) is 16.1. The summed E-state index contributed by atoms with van der Waals surface area (Å²) >= 11 is 0. The van der Waals surface area contributed by atoms with Gasteiger partial charge in [-0.1, -0.05) is 12.1 Å². The van der Waals surface area contributed by atoms with Crippen molar-refractivity contribution in [2.24, 2.45) is 5.92 Å². The lowest BCUT2D eigenvalue weighted by Crippen LogP contribution is -2.41. The number of likely N-dealkylation sites (tertiary alicyclic amines) is 1. The number of phenols is 1. The van der Waals surface area contributed by atoms with Crippen LogP contribution in [0.25, 0.3) is 0 Å². The molecule has 2 aliphatic rings. The number of phenolic OH excluding ortho intramolecular Hbond substituents is 1. The first-order valence-electron chi connectivity index (χ1n) is 10.1. The third-order valence-electron chi connectivity index (χ3n) is 5.64. The summed E-state index contributed by atoms with van der Waals surface area (Å²) in [4.78, 5) is 5.06. The van der Waals surface area contributed by atoms with Crippen LogP contribution in [0.2, 0.25) is 0 Å². The van der Waals surface area contributed by atoms with Crippen molar-refractivity contribution in [1.29, 1.82) is 0 Å². The molecule has 0 aliphatic carbocycles. The Bertz CT molecular complexity index is 526. The summed E-state index contributed by atoms with van der Waals surface area (Å²) in [7, 11) is 1.77. The standard InChI is InChI=1S/C21H34N2O3/c1-25-13-11-22-9-7-18(8-10-22)15-23(17-21-6-3-12-26-21)16-19-4-2-5-20(24)14-19/h2,4-5,14,18,21,24H,3,6-13,15-17H2,1H3. The molecule has 26 heavy (non-hydrogen) atoms. The number of methoxy groups -OCH3 is 1. The number of hydrogen-bond acceptors (Lipinski definition) is 5. The van der Waals surface area contributed by atoms with Crippen LogP contribution >= 0.6 is 0 Å². The minimum atomic E-state index is 0.353. The van der Waals surface area contributed by atoms with Gasteiger partial charge in [0.05, 0.1) is 12.7 Å². The van der Waals surface area contributed by atoms with Gasteiger partial charge in [-0.3, -0.25) is 4.90 Å². The molecule has 1 N–H and O–H groups in total. The Morgan fingerprint density at radius 3 is 2.77 bits per heavy atom. The van der Waals surface area contributed by atoms with Crippen molar-refractivity contribution in [3.63, 3.8) is 0 Å². The highest BCUT2D eigenvalue weighted by Crippen LogP contribution is 2.22. The lowest BCUT2D eigenvalue weighted by Gasteiger charge is -2.35. The fourth-order valence-corrected chi connectivity index (χ4v) is 4.17. The van der Waals surface area contributed by atoms with Crippen molar-refractivity contribution < 1.29 is 14.6 Å². The molecule has 0 radical (unpaired) electrons. The molecule has 0 spiro atoms. The SMILES string of the molecule is COCCN1CCC(CN(Cc2cccc(O)c2)CC2CCCO2)CC1. The zero-order chi connectivity index (χ0) is 18.2. The number of ether oxygens (including phenoxy) is 2. The normalized spacial score (nSPS) is 22.3. The molecule has 2 heterocycles. The molecular weight excluding hydrogens is 328 g/mol. The Morgan fingerprint density at radius 2 is 2.08 bits per heavy atom. The van der Waals surface area contributed by atoms with Crippen LogP contribution in [0.15, 0.2) is 24.3 Å². The summed E-state index contributed by atoms with van der Waals surface area (Å²) in [5.41, 5.74) is 1.18. The van der Waals surface area contributed by atoms with Crippen LogP contribution in [-0.4, -0.2) is 74.1 Å². The molecule has 2 aliphatic heterocycles. The number of hydrogen-bond donors (Lipinski definition) is 1. The maximum absolute atomic E-state index is 9.77. The number of piperidine rings is 1. The summed E-state index contributed by atoms with van der Waals surface area (Å²) in [5, 5.41) is 9.77. The van der Waals surface area contributed by atoms with E-state index in [1.54, 1.807) is 13.2 Å². The molecule has 0 saturated carbocycles. The largest absolute Gasteiger partial charge is 0.508 e. The van der Waals surface area contributed by atoms with E-state index >= 15 is 0 Å². The Morgan fingerprint density at radius 1 is 1.23 bits per heavy atom. The van der Waals surface area contributed by atoms with E-state index in [1.807, 2.05) is 12.1 Å². The average Bonchev–Trinajstić information content (AvgIpc) is 3.14. The molecule has 1 unspecified atom stereocenters. The van der Waals surface area contributed by atoms with Gasteiger partial charge in [-0.15, -0.1) is 0 Å². The zero-order valence-corrected chi connectivity index (χ0v) is 16.1. The van der Waals surface area contributed by atoms with Gasteiger partial charge >= 0.3 is 0 Å². The highest BCUT2D eigenvalue weighted by molar-refractivity contribution is 5.27. The molecule has 5 heteroatoms. The molecule has 5 nitrogen and oxygen atoms in total. The predicted octanol–water partition coefficient (Wildman–Crippen LogP) is 2.73. The van der Waals surface area contributed by atoms with Gasteiger partial charge in [-0.05, 0) is 62.4 Å². The van der Waals surface area contributed by atoms with Crippen LogP contribution < -0.4 is 0 Å². The molecule has 1 aromatic rings. The van der Waals surface area contributed by atoms with Crippen molar-refractivity contribution >= 4 is 0 Å². The van der Waals surface area contributed by atoms with Gasteiger partial charge in [0.2, 0.25) is 0 Å². The highest BCUT2D eigenvalue weighted by atomic mass is 16.5. The van der Waals surface area contributed by atoms with E-state index in [-0.39, 0.29) is 0 Å². The minimum Gasteiger partial charge on any atom is -0.508 e. The lowest BCUT2D eigenvalue weighted by molar-refractivity contribution is 0.0551. The van der Waals surface area contributed by atoms with Crippen molar-refractivity contribution in [2.45, 2.75) is 38.3 Å². The van der Waals surface area contributed by atoms with Crippen molar-refractivity contribution in [2.75, 3.05) is 53.0 Å². The average molecular weight is 363 g/mol. The number of nitrogens with zero attached hydrogens (tertiary/aromatic N) is 2. The first-order chi connectivity index (χ1) is 12.7. The molecule has 146 valence electrons. The van der Waals surface area contributed by atoms with Gasteiger partial charge < -0.3 is 19.5 Å². The van der Waals surface area contributed by atoms with Crippen LogP contribution in [0.5, 0.6) is 5.75 Å². The summed E-state index contributed by atoms with van der Waals surface area (Å²) in [5.74, 6) is 1.10. The van der Waals surface area contributed by atoms with Gasteiger partial charge in [0, 0.05) is 39.9 Å². The molecule has 2 fully saturated rings. The van der Waals surface area contributed by atoms with Crippen molar-refractivity contribution in [3.05, 3.63) is 29.8 Å². The van der Waals surface area contributed by atoms with Gasteiger partial charge in [-0.2, -0.15) is 0 Å². The van der Waals surface area contributed by atoms with Crippen LogP contribution in [0.3, 0.4) is 0 Å². The molecular formula is C21H34N2O3. The van der Waals surface area contributed by atoms with E-state index in [1.165, 1.54) is 44.3 Å². The van der Waals surface area contributed by atoms with Crippen molar-refractivity contribution in [1.82, 2.24) is 9.80 Å². The van der Waals surface area contributed by atoms with Gasteiger partial charge in [0.1, 0.15) is 5.75 Å². The smallest absolute Gasteiger partial charge is 0.115 e. The fraction of sp³-hybridized carbons (Fsp3) is 0.714. The molecule has 1 atom stereocenters. The summed E-state index contributed by atoms with van der Waals surface area (Å²) in [6, 6.07) is 7.66. The van der Waals surface area contributed by atoms with Crippen molar-refractivity contribution in [3.8, 4) is 5.75 Å². The lowest BCUT2D eigenvalue weighted by atomic mass is 9.95. The number of aromatic hydroxyl groups is 1. The maximum atomic E-state index is 9.77. The third-order valence-corrected chi connectivity index (χ3v) is 5.64. The predicted molar refractivity (Wildman–Crippen MR) is 103 cm³/mol. The summed E-state index contributed by atoms with van der Waals surface area (Å²) in [6.07, 6.45) is 5.24. The quantitative estimate of drug-likeness (QED) is 0.732. The first kappa shape index (κ1) is 19.6. The minimum absolute atomic E-state index is 0.353. The Labute approximate surface area is 157 Å². The second-order valence-electron chi connectivity index (χ2n) is 7.78. The Kier molecular flexibility index (Phi) is 7.74. The van der Waals surface area contributed by atoms with Gasteiger partial charge in [0.15, 0.2) is 0 Å². The van der Waals surface area contributed by atoms with E-state index in [9.17, 15) is 5.11 Å². The topological polar surface area (TPSA) is 45.2 Å². The molecule has 0 amide bonds. The monoisotopic (exact) mass is 362 g/mol. The fourth-order valence-electron chi connectivity index (χ4n) is 4.17. The molecule has 2 saturated heterocycles. The van der Waals surface area contributed by atoms with Crippen LogP contribution in [0.1, 0.15) is 31.2 Å². The van der Waals surface area contributed by atoms with E-state index < -0.39 is 0 Å². The van der Waals surface area contributed by atoms with Crippen LogP contribution in [-0.2, 0) is 16.0 Å². The third kappa shape index (κ3) is 6.23. The first-order valence-corrected chi connectivity index (χ1v) is 10.1. The molecule has 0 bridgehead atoms. The van der Waals surface area contributed by atoms with E-state index in [0.29, 0.717) is 11.9 Å². The van der Waals surface area contributed by atoms with Crippen LogP contribution in [0, 0.1) is 5.92 Å². The maximum Gasteiger partial charge on any atom is 0.115 e. The molecule has 0 aromatic heterocycles. The number of rotatable bonds is 9. The van der Waals surface area contributed by atoms with E-state index in [0.717, 1.165) is 45.3 Å². The Hall–Kier alpha value is -1.14. The summed E-state index contributed by atoms with van der Waals surface area (Å²) in [6.45, 7) is 8.13. The second-order valence-corrected chi connectivity index (χ2v) is 7.78.